The van der Waals surface area contributed by atoms with Gasteiger partial charge in [0.1, 0.15) is 6.10 Å². The highest BCUT2D eigenvalue weighted by molar-refractivity contribution is 5.90. The Morgan fingerprint density at radius 2 is 1.35 bits per heavy atom. The van der Waals surface area contributed by atoms with Crippen molar-refractivity contribution in [3.05, 3.63) is 71.8 Å². The molecule has 7 nitrogen and oxygen atoms in total. The molecular formula is C19H18O7. The Hall–Kier alpha value is -2.74. The second-order valence-electron chi connectivity index (χ2n) is 5.76. The largest absolute Gasteiger partial charge is 0.452 e. The molecule has 0 amide bonds. The van der Waals surface area contributed by atoms with Crippen LogP contribution in [0.3, 0.4) is 0 Å². The van der Waals surface area contributed by atoms with Gasteiger partial charge in [-0.1, -0.05) is 36.4 Å². The minimum absolute atomic E-state index is 0.219. The molecule has 1 aliphatic rings. The molecule has 1 saturated heterocycles. The van der Waals surface area contributed by atoms with E-state index in [4.69, 9.17) is 14.2 Å². The monoisotopic (exact) mass is 358 g/mol. The van der Waals surface area contributed by atoms with E-state index in [1.165, 1.54) is 0 Å². The normalized spacial score (nSPS) is 25.3. The van der Waals surface area contributed by atoms with Gasteiger partial charge in [0.15, 0.2) is 18.5 Å². The fraction of sp³-hybridized carbons (Fsp3) is 0.263. The Morgan fingerprint density at radius 1 is 0.846 bits per heavy atom. The first-order chi connectivity index (χ1) is 12.6. The summed E-state index contributed by atoms with van der Waals surface area (Å²) in [6, 6.07) is 16.4. The Morgan fingerprint density at radius 3 is 1.88 bits per heavy atom. The van der Waals surface area contributed by atoms with Crippen molar-refractivity contribution < 1.29 is 34.0 Å². The van der Waals surface area contributed by atoms with Gasteiger partial charge in [0.25, 0.3) is 0 Å². The van der Waals surface area contributed by atoms with Crippen LogP contribution < -0.4 is 0 Å². The van der Waals surface area contributed by atoms with Crippen molar-refractivity contribution in [3.8, 4) is 0 Å². The van der Waals surface area contributed by atoms with E-state index in [9.17, 15) is 19.8 Å². The summed E-state index contributed by atoms with van der Waals surface area (Å²) in [6.07, 6.45) is -5.42. The van der Waals surface area contributed by atoms with Crippen LogP contribution in [0.4, 0.5) is 0 Å². The summed E-state index contributed by atoms with van der Waals surface area (Å²) < 4.78 is 15.6. The molecule has 0 spiro atoms. The fourth-order valence-corrected chi connectivity index (χ4v) is 2.56. The van der Waals surface area contributed by atoms with E-state index < -0.39 is 36.5 Å². The van der Waals surface area contributed by atoms with Crippen LogP contribution in [-0.2, 0) is 14.2 Å². The van der Waals surface area contributed by atoms with Crippen molar-refractivity contribution >= 4 is 11.9 Å². The molecule has 1 fully saturated rings. The second kappa shape index (κ2) is 8.09. The third kappa shape index (κ3) is 4.08. The SMILES string of the molecule is O=C(O[C@@H]1[C@@H](O)[C@H](O)OC[C@@H]1OC(=O)c1ccccc1)c1ccccc1. The minimum atomic E-state index is -1.55. The van der Waals surface area contributed by atoms with Gasteiger partial charge in [-0.05, 0) is 24.3 Å². The molecule has 136 valence electrons. The number of aliphatic hydroxyl groups is 2. The average Bonchev–Trinajstić information content (AvgIpc) is 2.68. The lowest BCUT2D eigenvalue weighted by molar-refractivity contribution is -0.251. The number of benzene rings is 2. The van der Waals surface area contributed by atoms with Crippen molar-refractivity contribution in [2.45, 2.75) is 24.6 Å². The van der Waals surface area contributed by atoms with Gasteiger partial charge < -0.3 is 24.4 Å². The summed E-state index contributed by atoms with van der Waals surface area (Å²) in [7, 11) is 0. The highest BCUT2D eigenvalue weighted by Gasteiger charge is 2.43. The number of rotatable bonds is 4. The van der Waals surface area contributed by atoms with Crippen molar-refractivity contribution in [2.75, 3.05) is 6.61 Å². The predicted octanol–water partition coefficient (Wildman–Crippen LogP) is 1.15. The number of hydrogen-bond donors (Lipinski definition) is 2. The Bertz CT molecular complexity index is 747. The quantitative estimate of drug-likeness (QED) is 0.790. The maximum absolute atomic E-state index is 12.3. The molecule has 3 rings (SSSR count). The molecule has 1 heterocycles. The van der Waals surface area contributed by atoms with E-state index in [1.54, 1.807) is 60.7 Å². The number of ether oxygens (including phenoxy) is 3. The van der Waals surface area contributed by atoms with Crippen molar-refractivity contribution in [3.63, 3.8) is 0 Å². The highest BCUT2D eigenvalue weighted by Crippen LogP contribution is 2.22. The topological polar surface area (TPSA) is 102 Å². The molecular weight excluding hydrogens is 340 g/mol. The lowest BCUT2D eigenvalue weighted by Crippen LogP contribution is -2.56. The van der Waals surface area contributed by atoms with Crippen molar-refractivity contribution in [2.24, 2.45) is 0 Å². The standard InChI is InChI=1S/C19H18O7/c20-15-16(26-18(22)13-9-5-2-6-10-13)14(11-24-19(15)23)25-17(21)12-7-3-1-4-8-12/h1-10,14-16,19-20,23H,11H2/t14-,15+,16-,19+/m0/s1. The van der Waals surface area contributed by atoms with Gasteiger partial charge in [0.05, 0.1) is 17.7 Å². The van der Waals surface area contributed by atoms with Crippen LogP contribution in [-0.4, -0.2) is 53.4 Å². The van der Waals surface area contributed by atoms with Crippen LogP contribution in [0.25, 0.3) is 0 Å². The first-order valence-electron chi connectivity index (χ1n) is 8.06. The average molecular weight is 358 g/mol. The molecule has 0 aliphatic carbocycles. The van der Waals surface area contributed by atoms with Gasteiger partial charge in [-0.15, -0.1) is 0 Å². The summed E-state index contributed by atoms with van der Waals surface area (Å²) in [6.45, 7) is -0.219. The molecule has 2 aromatic carbocycles. The molecule has 0 bridgehead atoms. The van der Waals surface area contributed by atoms with Crippen LogP contribution in [0.1, 0.15) is 20.7 Å². The van der Waals surface area contributed by atoms with Crippen LogP contribution in [0, 0.1) is 0 Å². The Labute approximate surface area is 149 Å². The molecule has 0 radical (unpaired) electrons. The van der Waals surface area contributed by atoms with E-state index in [1.807, 2.05) is 0 Å². The van der Waals surface area contributed by atoms with Gasteiger partial charge in [-0.3, -0.25) is 0 Å². The lowest BCUT2D eigenvalue weighted by atomic mass is 10.0. The number of hydrogen-bond acceptors (Lipinski definition) is 7. The molecule has 4 atom stereocenters. The third-order valence-electron chi connectivity index (χ3n) is 3.95. The molecule has 0 aromatic heterocycles. The van der Waals surface area contributed by atoms with Gasteiger partial charge in [-0.25, -0.2) is 9.59 Å². The van der Waals surface area contributed by atoms with Crippen LogP contribution >= 0.6 is 0 Å². The molecule has 0 unspecified atom stereocenters. The zero-order valence-corrected chi connectivity index (χ0v) is 13.7. The Balaban J connectivity index is 1.74. The van der Waals surface area contributed by atoms with Crippen LogP contribution in [0.15, 0.2) is 60.7 Å². The van der Waals surface area contributed by atoms with Gasteiger partial charge in [-0.2, -0.15) is 0 Å². The van der Waals surface area contributed by atoms with Gasteiger partial charge in [0, 0.05) is 0 Å². The maximum Gasteiger partial charge on any atom is 0.338 e. The summed E-state index contributed by atoms with van der Waals surface area (Å²) in [4.78, 5) is 24.5. The number of carbonyl (C=O) groups is 2. The Kier molecular flexibility index (Phi) is 5.62. The fourth-order valence-electron chi connectivity index (χ4n) is 2.56. The van der Waals surface area contributed by atoms with Crippen LogP contribution in [0.2, 0.25) is 0 Å². The van der Waals surface area contributed by atoms with Gasteiger partial charge >= 0.3 is 11.9 Å². The van der Waals surface area contributed by atoms with Crippen molar-refractivity contribution in [1.29, 1.82) is 0 Å². The minimum Gasteiger partial charge on any atom is -0.452 e. The summed E-state index contributed by atoms with van der Waals surface area (Å²) in [5, 5.41) is 19.8. The smallest absolute Gasteiger partial charge is 0.338 e. The first-order valence-corrected chi connectivity index (χ1v) is 8.06. The zero-order chi connectivity index (χ0) is 18.5. The summed E-state index contributed by atoms with van der Waals surface area (Å²) in [5.41, 5.74) is 0.579. The lowest BCUT2D eigenvalue weighted by Gasteiger charge is -2.36. The van der Waals surface area contributed by atoms with E-state index in [2.05, 4.69) is 0 Å². The highest BCUT2D eigenvalue weighted by atomic mass is 16.7. The predicted molar refractivity (Wildman–Crippen MR) is 89.3 cm³/mol. The number of esters is 2. The molecule has 2 N–H and O–H groups in total. The first kappa shape index (κ1) is 18.1. The molecule has 1 aliphatic heterocycles. The van der Waals surface area contributed by atoms with E-state index in [0.717, 1.165) is 0 Å². The zero-order valence-electron chi connectivity index (χ0n) is 13.7. The van der Waals surface area contributed by atoms with E-state index in [0.29, 0.717) is 5.56 Å². The van der Waals surface area contributed by atoms with Crippen molar-refractivity contribution in [1.82, 2.24) is 0 Å². The maximum atomic E-state index is 12.3. The molecule has 26 heavy (non-hydrogen) atoms. The van der Waals surface area contributed by atoms with E-state index >= 15 is 0 Å². The van der Waals surface area contributed by atoms with Gasteiger partial charge in [0.2, 0.25) is 0 Å². The second-order valence-corrected chi connectivity index (χ2v) is 5.76. The molecule has 0 saturated carbocycles. The molecule has 7 heteroatoms. The van der Waals surface area contributed by atoms with Crippen LogP contribution in [0.5, 0.6) is 0 Å². The summed E-state index contributed by atoms with van der Waals surface area (Å²) >= 11 is 0. The number of aliphatic hydroxyl groups excluding tert-OH is 2. The van der Waals surface area contributed by atoms with E-state index in [-0.39, 0.29) is 12.2 Å². The number of carbonyl (C=O) groups excluding carboxylic acids is 2. The third-order valence-corrected chi connectivity index (χ3v) is 3.95. The molecule has 2 aromatic rings. The summed E-state index contributed by atoms with van der Waals surface area (Å²) in [5.74, 6) is -1.35.